The molecule has 0 N–H and O–H groups in total. The van der Waals surface area contributed by atoms with Crippen LogP contribution in [0.2, 0.25) is 0 Å². The van der Waals surface area contributed by atoms with E-state index in [1.807, 2.05) is 11.5 Å². The third-order valence-corrected chi connectivity index (χ3v) is 5.49. The van der Waals surface area contributed by atoms with Crippen LogP contribution in [0, 0.1) is 42.6 Å². The molecule has 0 aliphatic rings. The van der Waals surface area contributed by atoms with Crippen molar-refractivity contribution in [3.8, 4) is 11.8 Å². The van der Waals surface area contributed by atoms with Gasteiger partial charge in [0.05, 0.1) is 37.0 Å². The number of benzene rings is 2. The fraction of sp³-hybridized carbons (Fsp3) is 0.217. The first-order chi connectivity index (χ1) is 15.8. The Morgan fingerprint density at radius 3 is 2.42 bits per heavy atom. The maximum absolute atomic E-state index is 14.9. The van der Waals surface area contributed by atoms with Crippen molar-refractivity contribution < 1.29 is 13.2 Å². The Hall–Kier alpha value is -4.13. The SMILES string of the molecule is Cc1nc(CC#N)c(C)n1Cc1ccc(-n2ncn(Cc3c(F)cccc3F)c2=O)cc1F. The van der Waals surface area contributed by atoms with Crippen LogP contribution in [0.4, 0.5) is 13.2 Å². The third-order valence-electron chi connectivity index (χ3n) is 5.49. The van der Waals surface area contributed by atoms with Crippen LogP contribution >= 0.6 is 0 Å². The first kappa shape index (κ1) is 22.1. The van der Waals surface area contributed by atoms with E-state index in [1.165, 1.54) is 18.2 Å². The summed E-state index contributed by atoms with van der Waals surface area (Å²) < 4.78 is 46.6. The molecule has 0 radical (unpaired) electrons. The second kappa shape index (κ2) is 8.78. The van der Waals surface area contributed by atoms with Crippen LogP contribution in [-0.4, -0.2) is 23.9 Å². The molecular formula is C23H19F3N6O. The molecule has 33 heavy (non-hydrogen) atoms. The summed E-state index contributed by atoms with van der Waals surface area (Å²) >= 11 is 0. The smallest absolute Gasteiger partial charge is 0.328 e. The molecule has 0 fully saturated rings. The lowest BCUT2D eigenvalue weighted by atomic mass is 10.1. The first-order valence-electron chi connectivity index (χ1n) is 10.1. The minimum absolute atomic E-state index is 0.170. The molecule has 10 heteroatoms. The summed E-state index contributed by atoms with van der Waals surface area (Å²) in [5.74, 6) is -1.43. The molecule has 7 nitrogen and oxygen atoms in total. The molecule has 2 aromatic heterocycles. The van der Waals surface area contributed by atoms with Gasteiger partial charge in [0.15, 0.2) is 0 Å². The van der Waals surface area contributed by atoms with E-state index in [9.17, 15) is 18.0 Å². The van der Waals surface area contributed by atoms with Crippen LogP contribution in [0.25, 0.3) is 5.69 Å². The summed E-state index contributed by atoms with van der Waals surface area (Å²) in [7, 11) is 0. The highest BCUT2D eigenvalue weighted by Crippen LogP contribution is 2.18. The van der Waals surface area contributed by atoms with Crippen LogP contribution in [0.3, 0.4) is 0 Å². The molecule has 2 aromatic carbocycles. The van der Waals surface area contributed by atoms with E-state index in [0.717, 1.165) is 33.4 Å². The summed E-state index contributed by atoms with van der Waals surface area (Å²) in [6, 6.07) is 9.77. The van der Waals surface area contributed by atoms with Crippen molar-refractivity contribution in [2.24, 2.45) is 0 Å². The van der Waals surface area contributed by atoms with E-state index in [0.29, 0.717) is 17.1 Å². The predicted molar refractivity (Wildman–Crippen MR) is 113 cm³/mol. The Labute approximate surface area is 187 Å². The molecule has 0 saturated carbocycles. The van der Waals surface area contributed by atoms with Gasteiger partial charge in [0.25, 0.3) is 0 Å². The molecule has 0 atom stereocenters. The molecule has 168 valence electrons. The number of imidazole rings is 1. The number of halogens is 3. The lowest BCUT2D eigenvalue weighted by Crippen LogP contribution is -2.25. The zero-order chi connectivity index (χ0) is 23.7. The van der Waals surface area contributed by atoms with Gasteiger partial charge in [0.1, 0.15) is 29.6 Å². The van der Waals surface area contributed by atoms with E-state index < -0.39 is 23.1 Å². The highest BCUT2D eigenvalue weighted by atomic mass is 19.1. The molecule has 0 saturated heterocycles. The summed E-state index contributed by atoms with van der Waals surface area (Å²) in [4.78, 5) is 17.1. The highest BCUT2D eigenvalue weighted by Gasteiger charge is 2.16. The lowest BCUT2D eigenvalue weighted by molar-refractivity contribution is 0.541. The van der Waals surface area contributed by atoms with E-state index in [2.05, 4.69) is 16.2 Å². The van der Waals surface area contributed by atoms with Crippen molar-refractivity contribution in [2.75, 3.05) is 0 Å². The monoisotopic (exact) mass is 452 g/mol. The predicted octanol–water partition coefficient (Wildman–Crippen LogP) is 3.43. The quantitative estimate of drug-likeness (QED) is 0.449. The Kier molecular flexibility index (Phi) is 5.87. The fourth-order valence-corrected chi connectivity index (χ4v) is 3.65. The molecule has 0 aliphatic heterocycles. The van der Waals surface area contributed by atoms with Gasteiger partial charge in [-0.2, -0.15) is 15.0 Å². The number of aromatic nitrogens is 5. The van der Waals surface area contributed by atoms with Gasteiger partial charge in [-0.05, 0) is 32.0 Å². The van der Waals surface area contributed by atoms with Gasteiger partial charge in [-0.1, -0.05) is 12.1 Å². The van der Waals surface area contributed by atoms with Gasteiger partial charge in [-0.3, -0.25) is 4.57 Å². The highest BCUT2D eigenvalue weighted by molar-refractivity contribution is 5.35. The molecule has 0 bridgehead atoms. The first-order valence-corrected chi connectivity index (χ1v) is 10.1. The number of nitrogens with zero attached hydrogens (tertiary/aromatic N) is 6. The Bertz CT molecular complexity index is 1420. The average Bonchev–Trinajstić information content (AvgIpc) is 3.26. The van der Waals surface area contributed by atoms with E-state index in [-0.39, 0.29) is 30.8 Å². The fourth-order valence-electron chi connectivity index (χ4n) is 3.65. The average molecular weight is 452 g/mol. The molecule has 4 rings (SSSR count). The van der Waals surface area contributed by atoms with E-state index in [4.69, 9.17) is 5.26 Å². The standard InChI is InChI=1S/C23H19F3N6O/c1-14-22(8-9-27)29-15(2)31(14)11-16-6-7-17(10-21(16)26)32-23(33)30(13-28-32)12-18-19(24)4-3-5-20(18)25/h3-7,10,13H,8,11-12H2,1-2H3. The Morgan fingerprint density at radius 1 is 1.03 bits per heavy atom. The molecule has 0 spiro atoms. The molecule has 2 heterocycles. The summed E-state index contributed by atoms with van der Waals surface area (Å²) in [6.07, 6.45) is 1.32. The molecule has 0 unspecified atom stereocenters. The van der Waals surface area contributed by atoms with Gasteiger partial charge in [0, 0.05) is 22.9 Å². The van der Waals surface area contributed by atoms with Crippen molar-refractivity contribution >= 4 is 0 Å². The second-order valence-corrected chi connectivity index (χ2v) is 7.54. The minimum Gasteiger partial charge on any atom is -0.328 e. The third kappa shape index (κ3) is 4.17. The summed E-state index contributed by atoms with van der Waals surface area (Å²) in [5.41, 5.74) is 1.06. The topological polar surface area (TPSA) is 81.4 Å². The maximum atomic E-state index is 14.9. The number of hydrogen-bond acceptors (Lipinski definition) is 4. The van der Waals surface area contributed by atoms with Gasteiger partial charge in [0.2, 0.25) is 0 Å². The largest absolute Gasteiger partial charge is 0.350 e. The number of aryl methyl sites for hydroxylation is 1. The second-order valence-electron chi connectivity index (χ2n) is 7.54. The van der Waals surface area contributed by atoms with Gasteiger partial charge in [-0.25, -0.2) is 22.9 Å². The van der Waals surface area contributed by atoms with E-state index in [1.54, 1.807) is 13.0 Å². The molecule has 0 aliphatic carbocycles. The van der Waals surface area contributed by atoms with Gasteiger partial charge < -0.3 is 4.57 Å². The van der Waals surface area contributed by atoms with Crippen LogP contribution < -0.4 is 5.69 Å². The maximum Gasteiger partial charge on any atom is 0.350 e. The van der Waals surface area contributed by atoms with Gasteiger partial charge >= 0.3 is 5.69 Å². The number of hydrogen-bond donors (Lipinski definition) is 0. The van der Waals surface area contributed by atoms with E-state index >= 15 is 0 Å². The molecule has 4 aromatic rings. The molecular weight excluding hydrogens is 433 g/mol. The summed E-state index contributed by atoms with van der Waals surface area (Å²) in [5, 5.41) is 12.9. The summed E-state index contributed by atoms with van der Waals surface area (Å²) in [6.45, 7) is 3.47. The Balaban J connectivity index is 1.61. The van der Waals surface area contributed by atoms with Crippen molar-refractivity contribution in [1.29, 1.82) is 5.26 Å². The van der Waals surface area contributed by atoms with Crippen LogP contribution in [-0.2, 0) is 19.5 Å². The minimum atomic E-state index is -0.770. The Morgan fingerprint density at radius 2 is 1.76 bits per heavy atom. The number of nitriles is 1. The van der Waals surface area contributed by atoms with Crippen molar-refractivity contribution in [1.82, 2.24) is 23.9 Å². The van der Waals surface area contributed by atoms with Crippen LogP contribution in [0.15, 0.2) is 47.5 Å². The van der Waals surface area contributed by atoms with Crippen molar-refractivity contribution in [3.05, 3.63) is 99.0 Å². The zero-order valence-corrected chi connectivity index (χ0v) is 17.9. The number of rotatable bonds is 6. The van der Waals surface area contributed by atoms with Crippen molar-refractivity contribution in [3.63, 3.8) is 0 Å². The molecule has 0 amide bonds. The normalized spacial score (nSPS) is 11.0. The van der Waals surface area contributed by atoms with Crippen molar-refractivity contribution in [2.45, 2.75) is 33.4 Å². The van der Waals surface area contributed by atoms with Crippen LogP contribution in [0.5, 0.6) is 0 Å². The lowest BCUT2D eigenvalue weighted by Gasteiger charge is -2.10. The van der Waals surface area contributed by atoms with Crippen LogP contribution in [0.1, 0.15) is 28.3 Å². The van der Waals surface area contributed by atoms with Gasteiger partial charge in [-0.15, -0.1) is 0 Å². The zero-order valence-electron chi connectivity index (χ0n) is 17.9.